The zero-order valence-electron chi connectivity index (χ0n) is 9.15. The molecule has 0 aliphatic rings. The molecule has 0 bridgehead atoms. The van der Waals surface area contributed by atoms with E-state index in [0.717, 1.165) is 22.5 Å². The van der Waals surface area contributed by atoms with Crippen LogP contribution in [-0.4, -0.2) is 5.78 Å². The number of thiophene rings is 1. The van der Waals surface area contributed by atoms with Crippen molar-refractivity contribution in [3.05, 3.63) is 51.2 Å². The van der Waals surface area contributed by atoms with Crippen LogP contribution in [-0.2, 0) is 6.42 Å². The van der Waals surface area contributed by atoms with E-state index in [-0.39, 0.29) is 5.78 Å². The molecule has 0 spiro atoms. The minimum Gasteiger partial charge on any atom is -0.399 e. The second-order valence-electron chi connectivity index (χ2n) is 3.77. The van der Waals surface area contributed by atoms with Crippen molar-refractivity contribution < 1.29 is 4.79 Å². The fourth-order valence-electron chi connectivity index (χ4n) is 1.53. The molecule has 0 saturated heterocycles. The van der Waals surface area contributed by atoms with Crippen LogP contribution in [0.4, 0.5) is 5.69 Å². The maximum Gasteiger partial charge on any atom is 0.173 e. The summed E-state index contributed by atoms with van der Waals surface area (Å²) in [5, 5.41) is 0. The predicted octanol–water partition coefficient (Wildman–Crippen LogP) is 3.80. The van der Waals surface area contributed by atoms with Crippen molar-refractivity contribution in [1.82, 2.24) is 0 Å². The molecule has 0 fully saturated rings. The number of nitrogen functional groups attached to an aromatic ring is 1. The number of benzene rings is 1. The first-order valence-corrected chi connectivity index (χ1v) is 6.47. The van der Waals surface area contributed by atoms with Crippen molar-refractivity contribution in [3.63, 3.8) is 0 Å². The number of halogens is 1. The van der Waals surface area contributed by atoms with Gasteiger partial charge < -0.3 is 5.73 Å². The van der Waals surface area contributed by atoms with Crippen LogP contribution in [0, 0.1) is 0 Å². The molecule has 0 aliphatic heterocycles. The molecular weight excluding hydrogens is 254 g/mol. The first kappa shape index (κ1) is 12.1. The number of rotatable bonds is 4. The average molecular weight is 266 g/mol. The monoisotopic (exact) mass is 265 g/mol. The van der Waals surface area contributed by atoms with Gasteiger partial charge >= 0.3 is 0 Å². The number of Topliss-reactive ketones (excluding diaryl/α,β-unsaturated/α-hetero) is 1. The highest BCUT2D eigenvalue weighted by molar-refractivity contribution is 7.18. The SMILES string of the molecule is Nc1ccc(CCC(=O)c2ccc(Cl)s2)cc1. The highest BCUT2D eigenvalue weighted by Gasteiger charge is 2.08. The molecule has 2 rings (SSSR count). The van der Waals surface area contributed by atoms with Crippen molar-refractivity contribution in [3.8, 4) is 0 Å². The van der Waals surface area contributed by atoms with E-state index in [4.69, 9.17) is 17.3 Å². The molecule has 0 aliphatic carbocycles. The first-order chi connectivity index (χ1) is 8.15. The molecular formula is C13H12ClNOS. The Morgan fingerprint density at radius 2 is 1.88 bits per heavy atom. The van der Waals surface area contributed by atoms with Crippen LogP contribution in [0.2, 0.25) is 4.34 Å². The fraction of sp³-hybridized carbons (Fsp3) is 0.154. The van der Waals surface area contributed by atoms with Gasteiger partial charge in [-0.15, -0.1) is 11.3 Å². The summed E-state index contributed by atoms with van der Waals surface area (Å²) in [5.41, 5.74) is 7.46. The Hall–Kier alpha value is -1.32. The summed E-state index contributed by atoms with van der Waals surface area (Å²) in [4.78, 5) is 12.6. The van der Waals surface area contributed by atoms with E-state index >= 15 is 0 Å². The van der Waals surface area contributed by atoms with Crippen LogP contribution < -0.4 is 5.73 Å². The second-order valence-corrected chi connectivity index (χ2v) is 5.48. The maximum atomic E-state index is 11.8. The Morgan fingerprint density at radius 1 is 1.18 bits per heavy atom. The molecule has 0 radical (unpaired) electrons. The quantitative estimate of drug-likeness (QED) is 0.675. The Morgan fingerprint density at radius 3 is 2.47 bits per heavy atom. The zero-order chi connectivity index (χ0) is 12.3. The van der Waals surface area contributed by atoms with Gasteiger partial charge in [0.05, 0.1) is 9.21 Å². The van der Waals surface area contributed by atoms with Crippen LogP contribution in [0.25, 0.3) is 0 Å². The number of ketones is 1. The van der Waals surface area contributed by atoms with Crippen molar-refractivity contribution in [2.45, 2.75) is 12.8 Å². The van der Waals surface area contributed by atoms with Gasteiger partial charge in [0.25, 0.3) is 0 Å². The Kier molecular flexibility index (Phi) is 3.82. The van der Waals surface area contributed by atoms with Crippen LogP contribution in [0.1, 0.15) is 21.7 Å². The van der Waals surface area contributed by atoms with Crippen LogP contribution in [0.5, 0.6) is 0 Å². The van der Waals surface area contributed by atoms with Crippen molar-refractivity contribution in [2.24, 2.45) is 0 Å². The van der Waals surface area contributed by atoms with Crippen LogP contribution in [0.3, 0.4) is 0 Å². The van der Waals surface area contributed by atoms with Gasteiger partial charge in [0.15, 0.2) is 5.78 Å². The van der Waals surface area contributed by atoms with Crippen LogP contribution >= 0.6 is 22.9 Å². The summed E-state index contributed by atoms with van der Waals surface area (Å²) in [6, 6.07) is 11.1. The Bertz CT molecular complexity index is 518. The van der Waals surface area contributed by atoms with Gasteiger partial charge in [0.2, 0.25) is 0 Å². The van der Waals surface area contributed by atoms with E-state index in [0.29, 0.717) is 10.8 Å². The minimum absolute atomic E-state index is 0.138. The highest BCUT2D eigenvalue weighted by Crippen LogP contribution is 2.23. The molecule has 17 heavy (non-hydrogen) atoms. The zero-order valence-corrected chi connectivity index (χ0v) is 10.7. The highest BCUT2D eigenvalue weighted by atomic mass is 35.5. The third kappa shape index (κ3) is 3.32. The van der Waals surface area contributed by atoms with Crippen molar-refractivity contribution in [1.29, 1.82) is 0 Å². The molecule has 0 saturated carbocycles. The van der Waals surface area contributed by atoms with Gasteiger partial charge in [0, 0.05) is 12.1 Å². The molecule has 2 N–H and O–H groups in total. The van der Waals surface area contributed by atoms with Gasteiger partial charge in [-0.1, -0.05) is 23.7 Å². The van der Waals surface area contributed by atoms with E-state index in [1.807, 2.05) is 24.3 Å². The van der Waals surface area contributed by atoms with E-state index in [1.165, 1.54) is 11.3 Å². The molecule has 88 valence electrons. The Labute approximate surface area is 109 Å². The standard InChI is InChI=1S/C13H12ClNOS/c14-13-8-7-12(17-13)11(16)6-3-9-1-4-10(15)5-2-9/h1-2,4-5,7-8H,3,6,15H2. The molecule has 2 nitrogen and oxygen atoms in total. The number of anilines is 1. The van der Waals surface area contributed by atoms with Gasteiger partial charge in [-0.3, -0.25) is 4.79 Å². The summed E-state index contributed by atoms with van der Waals surface area (Å²) in [5.74, 6) is 0.138. The molecule has 1 heterocycles. The topological polar surface area (TPSA) is 43.1 Å². The molecule has 0 unspecified atom stereocenters. The number of nitrogens with two attached hydrogens (primary N) is 1. The summed E-state index contributed by atoms with van der Waals surface area (Å²) >= 11 is 7.12. The van der Waals surface area contributed by atoms with E-state index < -0.39 is 0 Å². The number of carbonyl (C=O) groups is 1. The third-order valence-corrected chi connectivity index (χ3v) is 3.74. The molecule has 4 heteroatoms. The lowest BCUT2D eigenvalue weighted by Gasteiger charge is -2.00. The predicted molar refractivity (Wildman–Crippen MR) is 72.8 cm³/mol. The Balaban J connectivity index is 1.94. The van der Waals surface area contributed by atoms with Gasteiger partial charge in [-0.05, 0) is 36.2 Å². The number of aryl methyl sites for hydroxylation is 1. The first-order valence-electron chi connectivity index (χ1n) is 5.28. The normalized spacial score (nSPS) is 10.4. The smallest absolute Gasteiger partial charge is 0.173 e. The average Bonchev–Trinajstić information content (AvgIpc) is 2.75. The summed E-state index contributed by atoms with van der Waals surface area (Å²) < 4.78 is 0.654. The maximum absolute atomic E-state index is 11.8. The lowest BCUT2D eigenvalue weighted by molar-refractivity contribution is 0.0987. The molecule has 0 amide bonds. The molecule has 1 aromatic heterocycles. The van der Waals surface area contributed by atoms with E-state index in [9.17, 15) is 4.79 Å². The minimum atomic E-state index is 0.138. The van der Waals surface area contributed by atoms with Crippen molar-refractivity contribution in [2.75, 3.05) is 5.73 Å². The van der Waals surface area contributed by atoms with Crippen LogP contribution in [0.15, 0.2) is 36.4 Å². The van der Waals surface area contributed by atoms with Crippen molar-refractivity contribution >= 4 is 34.4 Å². The van der Waals surface area contributed by atoms with Gasteiger partial charge in [0.1, 0.15) is 0 Å². The van der Waals surface area contributed by atoms with E-state index in [2.05, 4.69) is 0 Å². The molecule has 1 aromatic carbocycles. The van der Waals surface area contributed by atoms with Gasteiger partial charge in [-0.2, -0.15) is 0 Å². The number of hydrogen-bond donors (Lipinski definition) is 1. The van der Waals surface area contributed by atoms with Gasteiger partial charge in [-0.25, -0.2) is 0 Å². The third-order valence-electron chi connectivity index (χ3n) is 2.47. The lowest BCUT2D eigenvalue weighted by atomic mass is 10.1. The number of hydrogen-bond acceptors (Lipinski definition) is 3. The summed E-state index contributed by atoms with van der Waals surface area (Å²) in [7, 11) is 0. The summed E-state index contributed by atoms with van der Waals surface area (Å²) in [6.07, 6.45) is 1.23. The molecule has 0 atom stereocenters. The number of carbonyl (C=O) groups excluding carboxylic acids is 1. The lowest BCUT2D eigenvalue weighted by Crippen LogP contribution is -1.98. The molecule has 2 aromatic rings. The second kappa shape index (κ2) is 5.34. The summed E-state index contributed by atoms with van der Waals surface area (Å²) in [6.45, 7) is 0. The fourth-order valence-corrected chi connectivity index (χ4v) is 2.54. The van der Waals surface area contributed by atoms with E-state index in [1.54, 1.807) is 12.1 Å². The largest absolute Gasteiger partial charge is 0.399 e.